The van der Waals surface area contributed by atoms with E-state index in [0.717, 1.165) is 10.8 Å². The zero-order chi connectivity index (χ0) is 14.1. The molecule has 2 aromatic carbocycles. The molecule has 3 rings (SSSR count). The Morgan fingerprint density at radius 3 is 2.70 bits per heavy atom. The number of aromatic nitrogens is 1. The number of Topliss-reactive ketones (excluding diaryl/α,β-unsaturated/α-hetero) is 1. The van der Waals surface area contributed by atoms with Crippen LogP contribution in [-0.4, -0.2) is 10.8 Å². The number of thiazole rings is 1. The first-order chi connectivity index (χ1) is 9.66. The molecule has 0 bridgehead atoms. The highest BCUT2D eigenvalue weighted by molar-refractivity contribution is 7.12. The predicted octanol–water partition coefficient (Wildman–Crippen LogP) is 3.87. The monoisotopic (exact) mass is 284 g/mol. The highest BCUT2D eigenvalue weighted by Gasteiger charge is 2.14. The summed E-state index contributed by atoms with van der Waals surface area (Å²) in [7, 11) is 0. The van der Waals surface area contributed by atoms with Gasteiger partial charge in [0.05, 0.1) is 5.51 Å². The molecule has 0 fully saturated rings. The van der Waals surface area contributed by atoms with Crippen LogP contribution in [0.1, 0.15) is 16.6 Å². The second-order valence-electron chi connectivity index (χ2n) is 4.34. The molecule has 1 aromatic heterocycles. The molecule has 1 heterocycles. The van der Waals surface area contributed by atoms with Crippen molar-refractivity contribution in [1.82, 2.24) is 4.98 Å². The summed E-state index contributed by atoms with van der Waals surface area (Å²) in [5.74, 6) is 0.933. The number of benzene rings is 2. The first kappa shape index (κ1) is 12.6. The number of anilines is 1. The van der Waals surface area contributed by atoms with Gasteiger partial charge < -0.3 is 10.5 Å². The van der Waals surface area contributed by atoms with E-state index in [-0.39, 0.29) is 5.78 Å². The Morgan fingerprint density at radius 2 is 1.95 bits per heavy atom. The summed E-state index contributed by atoms with van der Waals surface area (Å²) < 4.78 is 5.80. The van der Waals surface area contributed by atoms with Gasteiger partial charge in [-0.15, -0.1) is 11.3 Å². The van der Waals surface area contributed by atoms with Gasteiger partial charge in [-0.05, 0) is 12.1 Å². The number of ketones is 1. The highest BCUT2D eigenvalue weighted by Crippen LogP contribution is 2.34. The second kappa shape index (κ2) is 4.94. The lowest BCUT2D eigenvalue weighted by atomic mass is 10.1. The minimum Gasteiger partial charge on any atom is -0.437 e. The van der Waals surface area contributed by atoms with Crippen LogP contribution in [0.15, 0.2) is 41.9 Å². The molecule has 0 amide bonds. The first-order valence-corrected chi connectivity index (χ1v) is 6.94. The van der Waals surface area contributed by atoms with E-state index in [4.69, 9.17) is 10.5 Å². The van der Waals surface area contributed by atoms with E-state index in [0.29, 0.717) is 22.2 Å². The smallest absolute Gasteiger partial charge is 0.241 e. The topological polar surface area (TPSA) is 65.2 Å². The summed E-state index contributed by atoms with van der Waals surface area (Å²) in [4.78, 5) is 16.1. The summed E-state index contributed by atoms with van der Waals surface area (Å²) in [6.07, 6.45) is 0. The van der Waals surface area contributed by atoms with Crippen LogP contribution in [-0.2, 0) is 0 Å². The maximum atomic E-state index is 11.5. The first-order valence-electron chi connectivity index (χ1n) is 6.06. The van der Waals surface area contributed by atoms with Crippen molar-refractivity contribution in [2.75, 3.05) is 5.73 Å². The molecule has 5 heteroatoms. The minimum absolute atomic E-state index is 0.0535. The van der Waals surface area contributed by atoms with Gasteiger partial charge >= 0.3 is 0 Å². The van der Waals surface area contributed by atoms with Crippen molar-refractivity contribution in [3.8, 4) is 11.6 Å². The summed E-state index contributed by atoms with van der Waals surface area (Å²) in [5, 5.41) is 1.82. The summed E-state index contributed by atoms with van der Waals surface area (Å²) in [6.45, 7) is 1.50. The summed E-state index contributed by atoms with van der Waals surface area (Å²) in [6, 6.07) is 11.3. The third-order valence-corrected chi connectivity index (χ3v) is 3.89. The Labute approximate surface area is 119 Å². The van der Waals surface area contributed by atoms with Crippen molar-refractivity contribution in [2.45, 2.75) is 6.92 Å². The molecule has 0 atom stereocenters. The predicted molar refractivity (Wildman–Crippen MR) is 80.6 cm³/mol. The van der Waals surface area contributed by atoms with Crippen molar-refractivity contribution in [3.63, 3.8) is 0 Å². The summed E-state index contributed by atoms with van der Waals surface area (Å²) >= 11 is 1.28. The molecule has 0 aliphatic heterocycles. The van der Waals surface area contributed by atoms with Gasteiger partial charge in [0.2, 0.25) is 5.88 Å². The maximum absolute atomic E-state index is 11.5. The standard InChI is InChI=1S/C15H12N2O2S/c1-9(18)14-15(17-8-20-14)19-13-7-6-12(16)10-4-2-3-5-11(10)13/h2-8H,16H2,1H3. The SMILES string of the molecule is CC(=O)c1scnc1Oc1ccc(N)c2ccccc12. The fourth-order valence-electron chi connectivity index (χ4n) is 2.03. The highest BCUT2D eigenvalue weighted by atomic mass is 32.1. The number of nitrogens with two attached hydrogens (primary N) is 1. The molecule has 3 aromatic rings. The number of fused-ring (bicyclic) bond motifs is 1. The van der Waals surface area contributed by atoms with Gasteiger partial charge in [0.1, 0.15) is 10.6 Å². The van der Waals surface area contributed by atoms with Gasteiger partial charge in [-0.25, -0.2) is 4.98 Å². The van der Waals surface area contributed by atoms with Gasteiger partial charge in [0.25, 0.3) is 0 Å². The van der Waals surface area contributed by atoms with Crippen LogP contribution in [0.4, 0.5) is 5.69 Å². The molecule has 0 radical (unpaired) electrons. The summed E-state index contributed by atoms with van der Waals surface area (Å²) in [5.41, 5.74) is 8.25. The molecule has 0 unspecified atom stereocenters. The third-order valence-electron chi connectivity index (χ3n) is 2.98. The zero-order valence-corrected chi connectivity index (χ0v) is 11.6. The number of hydrogen-bond acceptors (Lipinski definition) is 5. The van der Waals surface area contributed by atoms with E-state index in [1.54, 1.807) is 17.6 Å². The second-order valence-corrected chi connectivity index (χ2v) is 5.20. The Balaban J connectivity index is 2.09. The van der Waals surface area contributed by atoms with Crippen molar-refractivity contribution in [2.24, 2.45) is 0 Å². The van der Waals surface area contributed by atoms with Crippen LogP contribution in [0.2, 0.25) is 0 Å². The van der Waals surface area contributed by atoms with E-state index in [1.807, 2.05) is 24.3 Å². The molecule has 0 saturated carbocycles. The van der Waals surface area contributed by atoms with Gasteiger partial charge in [0, 0.05) is 23.4 Å². The van der Waals surface area contributed by atoms with Crippen molar-refractivity contribution >= 4 is 33.6 Å². The van der Waals surface area contributed by atoms with Crippen LogP contribution < -0.4 is 10.5 Å². The number of carbonyl (C=O) groups is 1. The number of nitrogens with zero attached hydrogens (tertiary/aromatic N) is 1. The zero-order valence-electron chi connectivity index (χ0n) is 10.8. The number of hydrogen-bond donors (Lipinski definition) is 1. The van der Waals surface area contributed by atoms with Gasteiger partial charge in [-0.1, -0.05) is 24.3 Å². The minimum atomic E-state index is -0.0535. The van der Waals surface area contributed by atoms with Crippen LogP contribution in [0, 0.1) is 0 Å². The molecule has 0 saturated heterocycles. The molecule has 0 aliphatic carbocycles. The Hall–Kier alpha value is -2.40. The van der Waals surface area contributed by atoms with Crippen LogP contribution in [0.3, 0.4) is 0 Å². The van der Waals surface area contributed by atoms with Crippen molar-refractivity contribution in [1.29, 1.82) is 0 Å². The third kappa shape index (κ3) is 2.12. The normalized spacial score (nSPS) is 10.7. The lowest BCUT2D eigenvalue weighted by Gasteiger charge is -2.09. The number of carbonyl (C=O) groups excluding carboxylic acids is 1. The lowest BCUT2D eigenvalue weighted by Crippen LogP contribution is -1.95. The molecular formula is C15H12N2O2S. The van der Waals surface area contributed by atoms with Crippen molar-refractivity contribution in [3.05, 3.63) is 46.8 Å². The lowest BCUT2D eigenvalue weighted by molar-refractivity contribution is 0.101. The molecule has 100 valence electrons. The fraction of sp³-hybridized carbons (Fsp3) is 0.0667. The quantitative estimate of drug-likeness (QED) is 0.585. The molecule has 20 heavy (non-hydrogen) atoms. The molecule has 4 nitrogen and oxygen atoms in total. The Kier molecular flexibility index (Phi) is 3.12. The van der Waals surface area contributed by atoms with E-state index < -0.39 is 0 Å². The number of rotatable bonds is 3. The number of nitrogen functional groups attached to an aromatic ring is 1. The Bertz CT molecular complexity index is 795. The van der Waals surface area contributed by atoms with Crippen LogP contribution in [0.5, 0.6) is 11.6 Å². The van der Waals surface area contributed by atoms with Gasteiger partial charge in [-0.3, -0.25) is 4.79 Å². The molecule has 2 N–H and O–H groups in total. The largest absolute Gasteiger partial charge is 0.437 e. The maximum Gasteiger partial charge on any atom is 0.241 e. The average molecular weight is 284 g/mol. The number of ether oxygens (including phenoxy) is 1. The fourth-order valence-corrected chi connectivity index (χ4v) is 2.65. The van der Waals surface area contributed by atoms with Gasteiger partial charge in [0.15, 0.2) is 5.78 Å². The van der Waals surface area contributed by atoms with E-state index in [9.17, 15) is 4.79 Å². The van der Waals surface area contributed by atoms with Crippen molar-refractivity contribution < 1.29 is 9.53 Å². The van der Waals surface area contributed by atoms with E-state index >= 15 is 0 Å². The van der Waals surface area contributed by atoms with Crippen LogP contribution in [0.25, 0.3) is 10.8 Å². The average Bonchev–Trinajstić information content (AvgIpc) is 2.91. The Morgan fingerprint density at radius 1 is 1.20 bits per heavy atom. The molecular weight excluding hydrogens is 272 g/mol. The molecule has 0 aliphatic rings. The van der Waals surface area contributed by atoms with Crippen LogP contribution >= 0.6 is 11.3 Å². The van der Waals surface area contributed by atoms with E-state index in [2.05, 4.69) is 4.98 Å². The molecule has 0 spiro atoms. The van der Waals surface area contributed by atoms with Gasteiger partial charge in [-0.2, -0.15) is 0 Å². The van der Waals surface area contributed by atoms with E-state index in [1.165, 1.54) is 18.3 Å².